The van der Waals surface area contributed by atoms with Crippen molar-refractivity contribution < 1.29 is 17.6 Å². The molecular formula is C11H13F4N. The van der Waals surface area contributed by atoms with Crippen molar-refractivity contribution in [2.75, 3.05) is 0 Å². The van der Waals surface area contributed by atoms with Crippen molar-refractivity contribution in [3.63, 3.8) is 0 Å². The van der Waals surface area contributed by atoms with Crippen LogP contribution in [0.25, 0.3) is 0 Å². The highest BCUT2D eigenvalue weighted by Gasteiger charge is 2.26. The topological polar surface area (TPSA) is 26.0 Å². The van der Waals surface area contributed by atoms with Crippen molar-refractivity contribution in [3.05, 3.63) is 35.6 Å². The summed E-state index contributed by atoms with van der Waals surface area (Å²) in [4.78, 5) is 0. The van der Waals surface area contributed by atoms with Gasteiger partial charge in [0.1, 0.15) is 5.82 Å². The molecule has 0 amide bonds. The zero-order valence-corrected chi connectivity index (χ0v) is 8.60. The van der Waals surface area contributed by atoms with Crippen LogP contribution in [-0.4, -0.2) is 6.18 Å². The first-order valence-corrected chi connectivity index (χ1v) is 4.97. The van der Waals surface area contributed by atoms with Crippen LogP contribution in [0.4, 0.5) is 17.6 Å². The normalized spacial score (nSPS) is 13.8. The zero-order chi connectivity index (χ0) is 12.2. The second-order valence-electron chi connectivity index (χ2n) is 3.64. The number of rotatable bonds is 4. The van der Waals surface area contributed by atoms with Crippen LogP contribution in [0.1, 0.15) is 30.9 Å². The van der Waals surface area contributed by atoms with Gasteiger partial charge in [-0.2, -0.15) is 13.2 Å². The molecular weight excluding hydrogens is 222 g/mol. The summed E-state index contributed by atoms with van der Waals surface area (Å²) in [7, 11) is 0. The van der Waals surface area contributed by atoms with E-state index in [1.807, 2.05) is 0 Å². The Labute approximate surface area is 91.3 Å². The van der Waals surface area contributed by atoms with Gasteiger partial charge in [-0.1, -0.05) is 18.2 Å². The lowest BCUT2D eigenvalue weighted by atomic mass is 10.0. The Morgan fingerprint density at radius 1 is 1.19 bits per heavy atom. The average Bonchev–Trinajstić information content (AvgIpc) is 2.16. The summed E-state index contributed by atoms with van der Waals surface area (Å²) in [6.07, 6.45) is -5.01. The standard InChI is InChI=1S/C11H13F4N/c12-9-5-2-1-4-8(9)10(16)6-3-7-11(13,14)15/h1-2,4-5,10H,3,6-7,16H2. The van der Waals surface area contributed by atoms with Crippen LogP contribution in [0.3, 0.4) is 0 Å². The molecule has 1 aromatic rings. The summed E-state index contributed by atoms with van der Waals surface area (Å²) in [5.74, 6) is -0.470. The molecule has 5 heteroatoms. The van der Waals surface area contributed by atoms with Crippen LogP contribution >= 0.6 is 0 Å². The number of alkyl halides is 3. The molecule has 0 bridgehead atoms. The summed E-state index contributed by atoms with van der Waals surface area (Å²) < 4.78 is 48.8. The highest BCUT2D eigenvalue weighted by molar-refractivity contribution is 5.20. The maximum atomic E-state index is 13.2. The van der Waals surface area contributed by atoms with Crippen molar-refractivity contribution in [3.8, 4) is 0 Å². The molecule has 1 atom stereocenters. The van der Waals surface area contributed by atoms with Gasteiger partial charge in [-0.05, 0) is 18.9 Å². The van der Waals surface area contributed by atoms with Crippen LogP contribution < -0.4 is 5.73 Å². The third-order valence-electron chi connectivity index (χ3n) is 2.28. The summed E-state index contributed by atoms with van der Waals surface area (Å²) in [5, 5.41) is 0. The Balaban J connectivity index is 2.47. The van der Waals surface area contributed by atoms with Gasteiger partial charge >= 0.3 is 6.18 Å². The van der Waals surface area contributed by atoms with E-state index in [9.17, 15) is 17.6 Å². The smallest absolute Gasteiger partial charge is 0.324 e. The van der Waals surface area contributed by atoms with Gasteiger partial charge < -0.3 is 5.73 Å². The van der Waals surface area contributed by atoms with Crippen LogP contribution in [0.2, 0.25) is 0 Å². The highest BCUT2D eigenvalue weighted by atomic mass is 19.4. The maximum Gasteiger partial charge on any atom is 0.389 e. The lowest BCUT2D eigenvalue weighted by Gasteiger charge is -2.13. The third kappa shape index (κ3) is 4.18. The lowest BCUT2D eigenvalue weighted by molar-refractivity contribution is -0.135. The second-order valence-corrected chi connectivity index (χ2v) is 3.64. The number of nitrogens with two attached hydrogens (primary N) is 1. The van der Waals surface area contributed by atoms with Gasteiger partial charge in [-0.25, -0.2) is 4.39 Å². The highest BCUT2D eigenvalue weighted by Crippen LogP contribution is 2.26. The fourth-order valence-electron chi connectivity index (χ4n) is 1.45. The molecule has 16 heavy (non-hydrogen) atoms. The van der Waals surface area contributed by atoms with Crippen molar-refractivity contribution in [1.29, 1.82) is 0 Å². The molecule has 1 unspecified atom stereocenters. The molecule has 0 aliphatic heterocycles. The number of benzene rings is 1. The molecule has 0 saturated carbocycles. The van der Waals surface area contributed by atoms with Crippen molar-refractivity contribution >= 4 is 0 Å². The molecule has 0 saturated heterocycles. The van der Waals surface area contributed by atoms with Gasteiger partial charge in [0, 0.05) is 18.0 Å². The predicted octanol–water partition coefficient (Wildman–Crippen LogP) is 3.56. The molecule has 0 aliphatic carbocycles. The Hall–Kier alpha value is -1.10. The fraction of sp³-hybridized carbons (Fsp3) is 0.455. The summed E-state index contributed by atoms with van der Waals surface area (Å²) in [5.41, 5.74) is 5.89. The van der Waals surface area contributed by atoms with Crippen molar-refractivity contribution in [2.24, 2.45) is 5.73 Å². The minimum absolute atomic E-state index is 0.0843. The van der Waals surface area contributed by atoms with Gasteiger partial charge in [0.05, 0.1) is 0 Å². The van der Waals surface area contributed by atoms with E-state index in [2.05, 4.69) is 0 Å². The van der Waals surface area contributed by atoms with Crippen molar-refractivity contribution in [1.82, 2.24) is 0 Å². The Morgan fingerprint density at radius 3 is 2.38 bits per heavy atom. The number of halogens is 4. The van der Waals surface area contributed by atoms with E-state index in [-0.39, 0.29) is 18.4 Å². The zero-order valence-electron chi connectivity index (χ0n) is 8.60. The minimum atomic E-state index is -4.17. The van der Waals surface area contributed by atoms with E-state index < -0.39 is 24.5 Å². The molecule has 1 nitrogen and oxygen atoms in total. The molecule has 0 spiro atoms. The Bertz CT molecular complexity index is 335. The molecule has 0 aliphatic rings. The maximum absolute atomic E-state index is 13.2. The third-order valence-corrected chi connectivity index (χ3v) is 2.28. The van der Waals surface area contributed by atoms with Crippen LogP contribution in [-0.2, 0) is 0 Å². The fourth-order valence-corrected chi connectivity index (χ4v) is 1.45. The number of hydrogen-bond acceptors (Lipinski definition) is 1. The summed E-state index contributed by atoms with van der Waals surface area (Å²) >= 11 is 0. The minimum Gasteiger partial charge on any atom is -0.324 e. The molecule has 0 aromatic heterocycles. The van der Waals surface area contributed by atoms with E-state index in [1.54, 1.807) is 6.07 Å². The van der Waals surface area contributed by atoms with E-state index in [0.717, 1.165) is 0 Å². The van der Waals surface area contributed by atoms with Gasteiger partial charge in [0.2, 0.25) is 0 Å². The molecule has 0 radical (unpaired) electrons. The van der Waals surface area contributed by atoms with Crippen LogP contribution in [0.15, 0.2) is 24.3 Å². The quantitative estimate of drug-likeness (QED) is 0.793. The molecule has 0 heterocycles. The first-order chi connectivity index (χ1) is 7.40. The molecule has 0 fully saturated rings. The molecule has 90 valence electrons. The van der Waals surface area contributed by atoms with E-state index in [1.165, 1.54) is 18.2 Å². The molecule has 1 aromatic carbocycles. The van der Waals surface area contributed by atoms with Gasteiger partial charge in [0.25, 0.3) is 0 Å². The summed E-state index contributed by atoms with van der Waals surface area (Å²) in [6.45, 7) is 0. The SMILES string of the molecule is NC(CCCC(F)(F)F)c1ccccc1F. The second kappa shape index (κ2) is 5.30. The molecule has 2 N–H and O–H groups in total. The first-order valence-electron chi connectivity index (χ1n) is 4.97. The van der Waals surface area contributed by atoms with Crippen LogP contribution in [0.5, 0.6) is 0 Å². The molecule has 1 rings (SSSR count). The Kier molecular flexibility index (Phi) is 4.29. The van der Waals surface area contributed by atoms with Crippen LogP contribution in [0, 0.1) is 5.82 Å². The van der Waals surface area contributed by atoms with E-state index >= 15 is 0 Å². The predicted molar refractivity (Wildman–Crippen MR) is 53.2 cm³/mol. The lowest BCUT2D eigenvalue weighted by Crippen LogP contribution is -2.14. The average molecular weight is 235 g/mol. The van der Waals surface area contributed by atoms with Gasteiger partial charge in [-0.3, -0.25) is 0 Å². The van der Waals surface area contributed by atoms with Crippen molar-refractivity contribution in [2.45, 2.75) is 31.5 Å². The van der Waals surface area contributed by atoms with Gasteiger partial charge in [-0.15, -0.1) is 0 Å². The monoisotopic (exact) mass is 235 g/mol. The van der Waals surface area contributed by atoms with Gasteiger partial charge in [0.15, 0.2) is 0 Å². The Morgan fingerprint density at radius 2 is 1.81 bits per heavy atom. The first kappa shape index (κ1) is 13.0. The largest absolute Gasteiger partial charge is 0.389 e. The van der Waals surface area contributed by atoms with E-state index in [4.69, 9.17) is 5.73 Å². The summed E-state index contributed by atoms with van der Waals surface area (Å²) in [6, 6.07) is 5.19. The number of hydrogen-bond donors (Lipinski definition) is 1. The van der Waals surface area contributed by atoms with E-state index in [0.29, 0.717) is 0 Å².